The molecule has 2 aromatic heterocycles. The molecular weight excluding hydrogens is 450 g/mol. The quantitative estimate of drug-likeness (QED) is 0.324. The number of aromatic nitrogens is 4. The maximum atomic E-state index is 5.68. The highest BCUT2D eigenvalue weighted by atomic mass is 16.5. The van der Waals surface area contributed by atoms with Crippen LogP contribution in [0.2, 0.25) is 0 Å². The van der Waals surface area contributed by atoms with Crippen LogP contribution in [0.5, 0.6) is 11.5 Å². The van der Waals surface area contributed by atoms with E-state index >= 15 is 0 Å². The molecule has 0 fully saturated rings. The number of imidazole rings is 1. The van der Waals surface area contributed by atoms with Gasteiger partial charge in [-0.05, 0) is 68.0 Å². The number of rotatable bonds is 8. The van der Waals surface area contributed by atoms with E-state index in [1.165, 1.54) is 11.1 Å². The molecule has 0 bridgehead atoms. The number of nitrogens with zero attached hydrogens (tertiary/aromatic N) is 4. The van der Waals surface area contributed by atoms with E-state index in [1.807, 2.05) is 48.1 Å². The van der Waals surface area contributed by atoms with Gasteiger partial charge >= 0.3 is 0 Å². The molecule has 36 heavy (non-hydrogen) atoms. The summed E-state index contributed by atoms with van der Waals surface area (Å²) in [5, 5.41) is 3.41. The topological polar surface area (TPSA) is 74.1 Å². The van der Waals surface area contributed by atoms with E-state index in [0.29, 0.717) is 5.95 Å². The van der Waals surface area contributed by atoms with Crippen molar-refractivity contribution in [3.05, 3.63) is 83.7 Å². The minimum absolute atomic E-state index is 0.156. The minimum atomic E-state index is -0.156. The Hall–Kier alpha value is -3.87. The number of nitrogens with one attached hydrogen (secondary N) is 1. The lowest BCUT2D eigenvalue weighted by Gasteiger charge is -2.39. The lowest BCUT2D eigenvalue weighted by atomic mass is 9.66. The number of fused-ring (bicyclic) bond motifs is 1. The third-order valence-electron chi connectivity index (χ3n) is 7.09. The molecule has 7 nitrogen and oxygen atoms in total. The second-order valence-electron chi connectivity index (χ2n) is 9.42. The van der Waals surface area contributed by atoms with Gasteiger partial charge in [0.1, 0.15) is 11.5 Å². The number of benzene rings is 2. The Bertz CT molecular complexity index is 1370. The summed E-state index contributed by atoms with van der Waals surface area (Å²) in [6, 6.07) is 14.5. The average Bonchev–Trinajstić information content (AvgIpc) is 3.35. The van der Waals surface area contributed by atoms with Gasteiger partial charge in [0.25, 0.3) is 0 Å². The summed E-state index contributed by atoms with van der Waals surface area (Å²) in [4.78, 5) is 14.1. The molecule has 4 aromatic rings. The highest BCUT2D eigenvalue weighted by molar-refractivity contribution is 5.62. The van der Waals surface area contributed by atoms with Crippen LogP contribution in [0.15, 0.2) is 61.2 Å². The van der Waals surface area contributed by atoms with Gasteiger partial charge < -0.3 is 19.4 Å². The zero-order chi connectivity index (χ0) is 25.1. The summed E-state index contributed by atoms with van der Waals surface area (Å²) >= 11 is 0. The SMILES string of the molecule is CCCC1(c2cccc(OC)c2)CCCc2cnc(Nc3ccc(-n4cnc(C)c4)c(OC)c3)nc21. The number of hydrogen-bond donors (Lipinski definition) is 1. The highest BCUT2D eigenvalue weighted by Crippen LogP contribution is 2.46. The van der Waals surface area contributed by atoms with Crippen molar-refractivity contribution < 1.29 is 9.47 Å². The first kappa shape index (κ1) is 23.9. The molecule has 5 rings (SSSR count). The van der Waals surface area contributed by atoms with Gasteiger partial charge in [0.05, 0.1) is 37.6 Å². The van der Waals surface area contributed by atoms with Crippen LogP contribution in [0.1, 0.15) is 55.1 Å². The van der Waals surface area contributed by atoms with E-state index in [2.05, 4.69) is 40.4 Å². The van der Waals surface area contributed by atoms with Gasteiger partial charge in [0, 0.05) is 29.6 Å². The molecule has 0 aliphatic heterocycles. The normalized spacial score (nSPS) is 16.9. The molecule has 1 aliphatic rings. The summed E-state index contributed by atoms with van der Waals surface area (Å²) < 4.78 is 13.2. The molecule has 0 amide bonds. The summed E-state index contributed by atoms with van der Waals surface area (Å²) in [5.41, 5.74) is 6.20. The number of aryl methyl sites for hydroxylation is 2. The van der Waals surface area contributed by atoms with Crippen molar-refractivity contribution in [2.75, 3.05) is 19.5 Å². The molecule has 2 aromatic carbocycles. The van der Waals surface area contributed by atoms with Gasteiger partial charge in [-0.1, -0.05) is 25.5 Å². The fourth-order valence-electron chi connectivity index (χ4n) is 5.43. The van der Waals surface area contributed by atoms with Crippen molar-refractivity contribution in [1.29, 1.82) is 0 Å². The van der Waals surface area contributed by atoms with E-state index in [4.69, 9.17) is 14.5 Å². The first-order valence-corrected chi connectivity index (χ1v) is 12.5. The van der Waals surface area contributed by atoms with Gasteiger partial charge in [0.15, 0.2) is 0 Å². The van der Waals surface area contributed by atoms with Crippen molar-refractivity contribution >= 4 is 11.6 Å². The van der Waals surface area contributed by atoms with Crippen LogP contribution in [-0.2, 0) is 11.8 Å². The Morgan fingerprint density at radius 2 is 1.97 bits per heavy atom. The summed E-state index contributed by atoms with van der Waals surface area (Å²) in [7, 11) is 3.40. The molecule has 0 radical (unpaired) electrons. The Morgan fingerprint density at radius 3 is 2.72 bits per heavy atom. The molecule has 1 unspecified atom stereocenters. The number of methoxy groups -OCH3 is 2. The third kappa shape index (κ3) is 4.41. The zero-order valence-corrected chi connectivity index (χ0v) is 21.4. The second kappa shape index (κ2) is 10.0. The lowest BCUT2D eigenvalue weighted by Crippen LogP contribution is -2.34. The summed E-state index contributed by atoms with van der Waals surface area (Å²) in [5.74, 6) is 2.21. The van der Waals surface area contributed by atoms with Gasteiger partial charge in [-0.3, -0.25) is 0 Å². The first-order chi connectivity index (χ1) is 17.6. The van der Waals surface area contributed by atoms with E-state index in [-0.39, 0.29) is 5.41 Å². The molecule has 0 saturated carbocycles. The van der Waals surface area contributed by atoms with Gasteiger partial charge in [-0.25, -0.2) is 15.0 Å². The zero-order valence-electron chi connectivity index (χ0n) is 21.4. The first-order valence-electron chi connectivity index (χ1n) is 12.5. The molecule has 2 heterocycles. The van der Waals surface area contributed by atoms with E-state index in [9.17, 15) is 0 Å². The summed E-state index contributed by atoms with van der Waals surface area (Å²) in [6.07, 6.45) is 11.0. The fourth-order valence-corrected chi connectivity index (χ4v) is 5.43. The monoisotopic (exact) mass is 483 g/mol. The molecule has 1 N–H and O–H groups in total. The van der Waals surface area contributed by atoms with Crippen molar-refractivity contribution in [2.24, 2.45) is 0 Å². The highest BCUT2D eigenvalue weighted by Gasteiger charge is 2.39. The Balaban J connectivity index is 1.52. The van der Waals surface area contributed by atoms with Gasteiger partial charge in [-0.2, -0.15) is 0 Å². The standard InChI is InChI=1S/C29H33N5O2/c1-5-13-29(22-9-6-10-24(15-22)35-3)14-7-8-21-17-30-28(33-27(21)29)32-23-11-12-25(26(16-23)36-4)34-18-20(2)31-19-34/h6,9-12,15-19H,5,7-8,13-14H2,1-4H3,(H,30,32,33). The predicted molar refractivity (Wildman–Crippen MR) is 142 cm³/mol. The molecule has 186 valence electrons. The summed E-state index contributed by atoms with van der Waals surface area (Å²) in [6.45, 7) is 4.21. The largest absolute Gasteiger partial charge is 0.497 e. The molecule has 0 spiro atoms. The van der Waals surface area contributed by atoms with Crippen molar-refractivity contribution in [1.82, 2.24) is 19.5 Å². The van der Waals surface area contributed by atoms with Crippen LogP contribution in [0.4, 0.5) is 11.6 Å². The number of anilines is 2. The third-order valence-corrected chi connectivity index (χ3v) is 7.09. The van der Waals surface area contributed by atoms with Crippen LogP contribution in [0.25, 0.3) is 5.69 Å². The molecule has 7 heteroatoms. The van der Waals surface area contributed by atoms with Crippen molar-refractivity contribution in [2.45, 2.75) is 51.4 Å². The van der Waals surface area contributed by atoms with Gasteiger partial charge in [-0.15, -0.1) is 0 Å². The van der Waals surface area contributed by atoms with Crippen LogP contribution in [0, 0.1) is 6.92 Å². The molecular formula is C29H33N5O2. The Kier molecular flexibility index (Phi) is 6.63. The van der Waals surface area contributed by atoms with E-state index in [1.54, 1.807) is 20.5 Å². The van der Waals surface area contributed by atoms with Crippen molar-refractivity contribution in [3.8, 4) is 17.2 Å². The molecule has 0 saturated heterocycles. The fraction of sp³-hybridized carbons (Fsp3) is 0.345. The van der Waals surface area contributed by atoms with Gasteiger partial charge in [0.2, 0.25) is 5.95 Å². The predicted octanol–water partition coefficient (Wildman–Crippen LogP) is 6.15. The van der Waals surface area contributed by atoms with E-state index < -0.39 is 0 Å². The maximum Gasteiger partial charge on any atom is 0.227 e. The van der Waals surface area contributed by atoms with Crippen LogP contribution in [0.3, 0.4) is 0 Å². The van der Waals surface area contributed by atoms with Crippen LogP contribution < -0.4 is 14.8 Å². The second-order valence-corrected chi connectivity index (χ2v) is 9.42. The smallest absolute Gasteiger partial charge is 0.227 e. The number of hydrogen-bond acceptors (Lipinski definition) is 6. The Morgan fingerprint density at radius 1 is 1.08 bits per heavy atom. The average molecular weight is 484 g/mol. The maximum absolute atomic E-state index is 5.68. The molecule has 1 aliphatic carbocycles. The van der Waals surface area contributed by atoms with Crippen LogP contribution >= 0.6 is 0 Å². The Labute approximate surface area is 212 Å². The van der Waals surface area contributed by atoms with E-state index in [0.717, 1.165) is 66.4 Å². The van der Waals surface area contributed by atoms with Crippen molar-refractivity contribution in [3.63, 3.8) is 0 Å². The number of ether oxygens (including phenoxy) is 2. The molecule has 1 atom stereocenters. The minimum Gasteiger partial charge on any atom is -0.497 e. The lowest BCUT2D eigenvalue weighted by molar-refractivity contribution is 0.376. The van der Waals surface area contributed by atoms with Crippen LogP contribution in [-0.4, -0.2) is 33.7 Å².